The molecule has 0 aromatic carbocycles. The quantitative estimate of drug-likeness (QED) is 0.667. The lowest BCUT2D eigenvalue weighted by atomic mass is 10.1. The van der Waals surface area contributed by atoms with E-state index in [-0.39, 0.29) is 6.42 Å². The number of hydrogen-bond acceptors (Lipinski definition) is 2. The summed E-state index contributed by atoms with van der Waals surface area (Å²) in [6.45, 7) is 2.07. The number of carboxylic acid groups (broad SMARTS) is 1. The molecule has 1 aromatic heterocycles. The molecule has 1 heterocycles. The minimum absolute atomic E-state index is 0.102. The molecule has 0 atom stereocenters. The Labute approximate surface area is 78.0 Å². The summed E-state index contributed by atoms with van der Waals surface area (Å²) in [5, 5.41) is 10.3. The lowest BCUT2D eigenvalue weighted by Crippen LogP contribution is -2.22. The molecule has 0 aliphatic carbocycles. The third kappa shape index (κ3) is 2.34. The SMILES string of the molecule is CCc1ccn(C)c1CCC(=O)[O-]. The van der Waals surface area contributed by atoms with Crippen molar-refractivity contribution in [1.29, 1.82) is 0 Å². The van der Waals surface area contributed by atoms with E-state index >= 15 is 0 Å². The summed E-state index contributed by atoms with van der Waals surface area (Å²) in [5.41, 5.74) is 2.33. The van der Waals surface area contributed by atoms with E-state index in [1.54, 1.807) is 0 Å². The molecule has 0 aliphatic heterocycles. The van der Waals surface area contributed by atoms with Gasteiger partial charge in [-0.15, -0.1) is 0 Å². The van der Waals surface area contributed by atoms with Crippen molar-refractivity contribution in [2.24, 2.45) is 7.05 Å². The van der Waals surface area contributed by atoms with Gasteiger partial charge in [-0.3, -0.25) is 0 Å². The maximum atomic E-state index is 10.3. The Morgan fingerprint density at radius 2 is 2.31 bits per heavy atom. The van der Waals surface area contributed by atoms with Crippen LogP contribution in [0.1, 0.15) is 24.6 Å². The van der Waals surface area contributed by atoms with E-state index in [2.05, 4.69) is 6.92 Å². The minimum atomic E-state index is -0.983. The molecule has 3 heteroatoms. The number of nitrogens with zero attached hydrogens (tertiary/aromatic N) is 1. The predicted octanol–water partition coefficient (Wildman–Crippen LogP) is 0.270. The Morgan fingerprint density at radius 1 is 1.62 bits per heavy atom. The van der Waals surface area contributed by atoms with E-state index in [0.717, 1.165) is 12.1 Å². The van der Waals surface area contributed by atoms with Crippen LogP contribution in [0.2, 0.25) is 0 Å². The van der Waals surface area contributed by atoms with Crippen LogP contribution in [-0.4, -0.2) is 10.5 Å². The van der Waals surface area contributed by atoms with Crippen molar-refractivity contribution in [1.82, 2.24) is 4.57 Å². The molecule has 0 fully saturated rings. The first-order valence-electron chi connectivity index (χ1n) is 4.48. The van der Waals surface area contributed by atoms with Gasteiger partial charge >= 0.3 is 0 Å². The summed E-state index contributed by atoms with van der Waals surface area (Å²) in [7, 11) is 1.93. The summed E-state index contributed by atoms with van der Waals surface area (Å²) in [4.78, 5) is 10.3. The van der Waals surface area contributed by atoms with Crippen molar-refractivity contribution in [2.45, 2.75) is 26.2 Å². The molecular formula is C10H14NO2-. The van der Waals surface area contributed by atoms with Crippen LogP contribution >= 0.6 is 0 Å². The second kappa shape index (κ2) is 4.12. The van der Waals surface area contributed by atoms with Crippen LogP contribution < -0.4 is 5.11 Å². The largest absolute Gasteiger partial charge is 0.550 e. The second-order valence-electron chi connectivity index (χ2n) is 3.12. The van der Waals surface area contributed by atoms with Crippen molar-refractivity contribution in [3.05, 3.63) is 23.5 Å². The molecule has 0 amide bonds. The molecule has 13 heavy (non-hydrogen) atoms. The predicted molar refractivity (Wildman–Crippen MR) is 48.1 cm³/mol. The Hall–Kier alpha value is -1.25. The second-order valence-corrected chi connectivity index (χ2v) is 3.12. The fourth-order valence-electron chi connectivity index (χ4n) is 1.49. The molecule has 1 aromatic rings. The number of carboxylic acids is 1. The van der Waals surface area contributed by atoms with E-state index in [1.165, 1.54) is 5.56 Å². The van der Waals surface area contributed by atoms with Gasteiger partial charge in [0, 0.05) is 24.9 Å². The van der Waals surface area contributed by atoms with Gasteiger partial charge in [-0.2, -0.15) is 0 Å². The molecule has 0 unspecified atom stereocenters. The van der Waals surface area contributed by atoms with Gasteiger partial charge in [-0.05, 0) is 30.9 Å². The molecule has 1 rings (SSSR count). The number of carbonyl (C=O) groups excluding carboxylic acids is 1. The van der Waals surface area contributed by atoms with E-state index in [1.807, 2.05) is 23.9 Å². The van der Waals surface area contributed by atoms with Crippen LogP contribution in [0.3, 0.4) is 0 Å². The number of hydrogen-bond donors (Lipinski definition) is 0. The highest BCUT2D eigenvalue weighted by Gasteiger charge is 2.04. The molecule has 0 spiro atoms. The number of aryl methyl sites for hydroxylation is 2. The third-order valence-corrected chi connectivity index (χ3v) is 2.24. The monoisotopic (exact) mass is 180 g/mol. The Kier molecular flexibility index (Phi) is 3.12. The van der Waals surface area contributed by atoms with Crippen molar-refractivity contribution < 1.29 is 9.90 Å². The van der Waals surface area contributed by atoms with Crippen LogP contribution in [0, 0.1) is 0 Å². The van der Waals surface area contributed by atoms with Crippen molar-refractivity contribution in [3.63, 3.8) is 0 Å². The summed E-state index contributed by atoms with van der Waals surface area (Å²) in [6.07, 6.45) is 3.58. The Balaban J connectivity index is 2.73. The van der Waals surface area contributed by atoms with Crippen LogP contribution in [0.15, 0.2) is 12.3 Å². The zero-order valence-corrected chi connectivity index (χ0v) is 8.04. The maximum absolute atomic E-state index is 10.3. The molecule has 0 saturated heterocycles. The molecule has 0 bridgehead atoms. The average molecular weight is 180 g/mol. The number of rotatable bonds is 4. The van der Waals surface area contributed by atoms with Gasteiger partial charge in [0.05, 0.1) is 0 Å². The van der Waals surface area contributed by atoms with Crippen LogP contribution in [0.5, 0.6) is 0 Å². The number of aliphatic carboxylic acids is 1. The third-order valence-electron chi connectivity index (χ3n) is 2.24. The summed E-state index contributed by atoms with van der Waals surface area (Å²) < 4.78 is 1.97. The number of carbonyl (C=O) groups is 1. The van der Waals surface area contributed by atoms with Gasteiger partial charge in [0.1, 0.15) is 0 Å². The first kappa shape index (κ1) is 9.84. The molecule has 3 nitrogen and oxygen atoms in total. The van der Waals surface area contributed by atoms with Crippen LogP contribution in [0.4, 0.5) is 0 Å². The van der Waals surface area contributed by atoms with Gasteiger partial charge in [0.15, 0.2) is 0 Å². The van der Waals surface area contributed by atoms with E-state index in [9.17, 15) is 9.90 Å². The highest BCUT2D eigenvalue weighted by atomic mass is 16.4. The van der Waals surface area contributed by atoms with Gasteiger partial charge in [-0.1, -0.05) is 6.92 Å². The van der Waals surface area contributed by atoms with Crippen molar-refractivity contribution in [2.75, 3.05) is 0 Å². The minimum Gasteiger partial charge on any atom is -0.550 e. The molecule has 0 aliphatic rings. The maximum Gasteiger partial charge on any atom is 0.0418 e. The molecular weight excluding hydrogens is 166 g/mol. The fraction of sp³-hybridized carbons (Fsp3) is 0.500. The smallest absolute Gasteiger partial charge is 0.0418 e. The van der Waals surface area contributed by atoms with E-state index in [0.29, 0.717) is 6.42 Å². The Bertz CT molecular complexity index is 302. The first-order valence-corrected chi connectivity index (χ1v) is 4.48. The van der Waals surface area contributed by atoms with Crippen LogP contribution in [-0.2, 0) is 24.7 Å². The highest BCUT2D eigenvalue weighted by Crippen LogP contribution is 2.12. The van der Waals surface area contributed by atoms with Crippen molar-refractivity contribution >= 4 is 5.97 Å². The summed E-state index contributed by atoms with van der Waals surface area (Å²) in [6, 6.07) is 2.03. The topological polar surface area (TPSA) is 45.1 Å². The average Bonchev–Trinajstić information content (AvgIpc) is 2.43. The first-order chi connectivity index (χ1) is 6.15. The van der Waals surface area contributed by atoms with Gasteiger partial charge in [-0.25, -0.2) is 0 Å². The van der Waals surface area contributed by atoms with E-state index < -0.39 is 5.97 Å². The normalized spacial score (nSPS) is 10.3. The molecule has 0 saturated carbocycles. The fourth-order valence-corrected chi connectivity index (χ4v) is 1.49. The zero-order valence-electron chi connectivity index (χ0n) is 8.04. The number of aromatic nitrogens is 1. The van der Waals surface area contributed by atoms with Gasteiger partial charge < -0.3 is 14.5 Å². The van der Waals surface area contributed by atoms with Crippen LogP contribution in [0.25, 0.3) is 0 Å². The Morgan fingerprint density at radius 3 is 2.85 bits per heavy atom. The van der Waals surface area contributed by atoms with Gasteiger partial charge in [0.25, 0.3) is 0 Å². The molecule has 72 valence electrons. The van der Waals surface area contributed by atoms with E-state index in [4.69, 9.17) is 0 Å². The summed E-state index contributed by atoms with van der Waals surface area (Å²) >= 11 is 0. The molecule has 0 radical (unpaired) electrons. The molecule has 0 N–H and O–H groups in total. The summed E-state index contributed by atoms with van der Waals surface area (Å²) in [5.74, 6) is -0.983. The van der Waals surface area contributed by atoms with Crippen molar-refractivity contribution in [3.8, 4) is 0 Å². The standard InChI is InChI=1S/C10H15NO2/c1-3-8-6-7-11(2)9(8)4-5-10(12)13/h6-7H,3-5H2,1-2H3,(H,12,13)/p-1. The zero-order chi connectivity index (χ0) is 9.84. The lowest BCUT2D eigenvalue weighted by molar-refractivity contribution is -0.305. The highest BCUT2D eigenvalue weighted by molar-refractivity contribution is 5.64. The van der Waals surface area contributed by atoms with Gasteiger partial charge in [0.2, 0.25) is 0 Å². The lowest BCUT2D eigenvalue weighted by Gasteiger charge is -2.06.